The van der Waals surface area contributed by atoms with Gasteiger partial charge in [-0.2, -0.15) is 0 Å². The highest BCUT2D eigenvalue weighted by molar-refractivity contribution is 5.73. The summed E-state index contributed by atoms with van der Waals surface area (Å²) in [6, 6.07) is 0.503. The summed E-state index contributed by atoms with van der Waals surface area (Å²) in [5.74, 6) is -0.616. The molecule has 0 aromatic carbocycles. The van der Waals surface area contributed by atoms with Crippen molar-refractivity contribution >= 4 is 12.0 Å². The Morgan fingerprint density at radius 1 is 1.29 bits per heavy atom. The molecule has 1 saturated carbocycles. The summed E-state index contributed by atoms with van der Waals surface area (Å²) in [7, 11) is 2.11. The second-order valence-corrected chi connectivity index (χ2v) is 6.09. The van der Waals surface area contributed by atoms with Gasteiger partial charge in [-0.3, -0.25) is 4.79 Å². The Hall–Kier alpha value is -1.30. The smallest absolute Gasteiger partial charge is 0.314 e. The molecule has 0 aromatic rings. The maximum absolute atomic E-state index is 11.6. The molecule has 1 unspecified atom stereocenters. The van der Waals surface area contributed by atoms with Gasteiger partial charge in [0.05, 0.1) is 0 Å². The van der Waals surface area contributed by atoms with Gasteiger partial charge in [-0.25, -0.2) is 4.79 Å². The highest BCUT2D eigenvalue weighted by Gasteiger charge is 2.18. The minimum absolute atomic E-state index is 0.149. The summed E-state index contributed by atoms with van der Waals surface area (Å²) in [5, 5.41) is 14.2. The average molecular weight is 299 g/mol. The zero-order valence-corrected chi connectivity index (χ0v) is 13.2. The minimum atomic E-state index is -0.791. The highest BCUT2D eigenvalue weighted by atomic mass is 16.4. The number of carboxylic acid groups (broad SMARTS) is 1. The molecule has 1 fully saturated rings. The molecule has 0 aromatic heterocycles. The quantitative estimate of drug-likeness (QED) is 0.605. The minimum Gasteiger partial charge on any atom is -0.481 e. The van der Waals surface area contributed by atoms with Gasteiger partial charge in [0.15, 0.2) is 0 Å². The molecule has 1 aliphatic carbocycles. The number of hydrogen-bond donors (Lipinski definition) is 3. The summed E-state index contributed by atoms with van der Waals surface area (Å²) < 4.78 is 0. The molecule has 0 bridgehead atoms. The van der Waals surface area contributed by atoms with Gasteiger partial charge in [0.25, 0.3) is 0 Å². The first-order valence-electron chi connectivity index (χ1n) is 7.92. The van der Waals surface area contributed by atoms with Crippen molar-refractivity contribution in [1.29, 1.82) is 0 Å². The van der Waals surface area contributed by atoms with Crippen LogP contribution in [0.15, 0.2) is 0 Å². The predicted octanol–water partition coefficient (Wildman–Crippen LogP) is 1.66. The topological polar surface area (TPSA) is 81.7 Å². The zero-order valence-electron chi connectivity index (χ0n) is 13.2. The van der Waals surface area contributed by atoms with Crippen molar-refractivity contribution in [2.75, 3.05) is 26.7 Å². The number of nitrogens with one attached hydrogen (secondary N) is 2. The van der Waals surface area contributed by atoms with Crippen LogP contribution in [0.25, 0.3) is 0 Å². The van der Waals surface area contributed by atoms with E-state index < -0.39 is 5.97 Å². The summed E-state index contributed by atoms with van der Waals surface area (Å²) in [4.78, 5) is 24.4. The monoisotopic (exact) mass is 299 g/mol. The van der Waals surface area contributed by atoms with E-state index in [9.17, 15) is 9.59 Å². The van der Waals surface area contributed by atoms with Gasteiger partial charge >= 0.3 is 12.0 Å². The van der Waals surface area contributed by atoms with Crippen molar-refractivity contribution < 1.29 is 14.7 Å². The zero-order chi connectivity index (χ0) is 15.7. The molecule has 122 valence electrons. The van der Waals surface area contributed by atoms with Crippen LogP contribution < -0.4 is 10.6 Å². The van der Waals surface area contributed by atoms with Crippen LogP contribution in [0, 0.1) is 5.92 Å². The molecular formula is C15H29N3O3. The third kappa shape index (κ3) is 7.90. The Morgan fingerprint density at radius 3 is 2.57 bits per heavy atom. The number of rotatable bonds is 9. The van der Waals surface area contributed by atoms with E-state index in [1.165, 1.54) is 25.7 Å². The SMILES string of the molecule is CC(CCC(=O)O)CNC(=O)NCCN(C)C1CCCC1. The summed E-state index contributed by atoms with van der Waals surface area (Å²) in [6.07, 6.45) is 5.90. The molecule has 0 saturated heterocycles. The number of amides is 2. The number of hydrogen-bond acceptors (Lipinski definition) is 3. The molecule has 1 aliphatic rings. The third-order valence-corrected chi connectivity index (χ3v) is 4.16. The second kappa shape index (κ2) is 9.60. The summed E-state index contributed by atoms with van der Waals surface area (Å²) >= 11 is 0. The Labute approximate surface area is 127 Å². The number of aliphatic carboxylic acids is 1. The summed E-state index contributed by atoms with van der Waals surface area (Å²) in [6.45, 7) is 3.96. The molecule has 0 heterocycles. The van der Waals surface area contributed by atoms with Crippen molar-refractivity contribution in [1.82, 2.24) is 15.5 Å². The first-order valence-corrected chi connectivity index (χ1v) is 7.92. The molecule has 1 atom stereocenters. The van der Waals surface area contributed by atoms with Crippen molar-refractivity contribution in [2.45, 2.75) is 51.5 Å². The van der Waals surface area contributed by atoms with E-state index in [1.54, 1.807) is 0 Å². The van der Waals surface area contributed by atoms with Crippen LogP contribution in [-0.4, -0.2) is 54.7 Å². The van der Waals surface area contributed by atoms with Gasteiger partial charge in [0.1, 0.15) is 0 Å². The van der Waals surface area contributed by atoms with Crippen molar-refractivity contribution in [2.24, 2.45) is 5.92 Å². The lowest BCUT2D eigenvalue weighted by Gasteiger charge is -2.24. The Morgan fingerprint density at radius 2 is 1.95 bits per heavy atom. The van der Waals surface area contributed by atoms with E-state index in [4.69, 9.17) is 5.11 Å². The van der Waals surface area contributed by atoms with Crippen molar-refractivity contribution in [3.8, 4) is 0 Å². The lowest BCUT2D eigenvalue weighted by atomic mass is 10.1. The number of carboxylic acids is 1. The van der Waals surface area contributed by atoms with Crippen molar-refractivity contribution in [3.63, 3.8) is 0 Å². The van der Waals surface area contributed by atoms with Gasteiger partial charge in [-0.15, -0.1) is 0 Å². The Bertz CT molecular complexity index is 330. The van der Waals surface area contributed by atoms with Crippen LogP contribution in [0.1, 0.15) is 45.4 Å². The maximum atomic E-state index is 11.6. The van der Waals surface area contributed by atoms with Crippen LogP contribution in [0.2, 0.25) is 0 Å². The predicted molar refractivity (Wildman–Crippen MR) is 82.3 cm³/mol. The van der Waals surface area contributed by atoms with Gasteiger partial charge < -0.3 is 20.6 Å². The van der Waals surface area contributed by atoms with Gasteiger partial charge in [-0.1, -0.05) is 19.8 Å². The molecule has 21 heavy (non-hydrogen) atoms. The maximum Gasteiger partial charge on any atom is 0.314 e. The third-order valence-electron chi connectivity index (χ3n) is 4.16. The number of carbonyl (C=O) groups excluding carboxylic acids is 1. The number of likely N-dealkylation sites (N-methyl/N-ethyl adjacent to an activating group) is 1. The lowest BCUT2D eigenvalue weighted by molar-refractivity contribution is -0.137. The van der Waals surface area contributed by atoms with Gasteiger partial charge in [-0.05, 0) is 32.2 Å². The van der Waals surface area contributed by atoms with Crippen LogP contribution in [0.5, 0.6) is 0 Å². The largest absolute Gasteiger partial charge is 0.481 e. The summed E-state index contributed by atoms with van der Waals surface area (Å²) in [5.41, 5.74) is 0. The molecule has 1 rings (SSSR count). The van der Waals surface area contributed by atoms with Crippen LogP contribution in [0.3, 0.4) is 0 Å². The molecule has 0 spiro atoms. The van der Waals surface area contributed by atoms with E-state index in [1.807, 2.05) is 6.92 Å². The van der Waals surface area contributed by atoms with E-state index >= 15 is 0 Å². The number of urea groups is 1. The van der Waals surface area contributed by atoms with Gasteiger partial charge in [0, 0.05) is 32.1 Å². The fourth-order valence-electron chi connectivity index (χ4n) is 2.67. The van der Waals surface area contributed by atoms with E-state index in [0.29, 0.717) is 25.6 Å². The Kier molecular flexibility index (Phi) is 8.12. The fraction of sp³-hybridized carbons (Fsp3) is 0.867. The van der Waals surface area contributed by atoms with Crippen molar-refractivity contribution in [3.05, 3.63) is 0 Å². The first-order chi connectivity index (χ1) is 9.99. The second-order valence-electron chi connectivity index (χ2n) is 6.09. The molecule has 3 N–H and O–H groups in total. The molecule has 0 aliphatic heterocycles. The van der Waals surface area contributed by atoms with E-state index in [0.717, 1.165) is 6.54 Å². The highest BCUT2D eigenvalue weighted by Crippen LogP contribution is 2.21. The molecule has 2 amide bonds. The first kappa shape index (κ1) is 17.8. The molecule has 6 heteroatoms. The van der Waals surface area contributed by atoms with E-state index in [-0.39, 0.29) is 18.4 Å². The molecular weight excluding hydrogens is 270 g/mol. The normalized spacial score (nSPS) is 16.9. The lowest BCUT2D eigenvalue weighted by Crippen LogP contribution is -2.42. The molecule has 0 radical (unpaired) electrons. The van der Waals surface area contributed by atoms with Crippen LogP contribution in [-0.2, 0) is 4.79 Å². The van der Waals surface area contributed by atoms with Crippen LogP contribution in [0.4, 0.5) is 4.79 Å². The standard InChI is InChI=1S/C15H29N3O3/c1-12(7-8-14(19)20)11-17-15(21)16-9-10-18(2)13-5-3-4-6-13/h12-13H,3-11H2,1-2H3,(H,19,20)(H2,16,17,21). The average Bonchev–Trinajstić information content (AvgIpc) is 2.97. The van der Waals surface area contributed by atoms with Gasteiger partial charge in [0.2, 0.25) is 0 Å². The molecule has 6 nitrogen and oxygen atoms in total. The number of nitrogens with zero attached hydrogens (tertiary/aromatic N) is 1. The number of carbonyl (C=O) groups is 2. The van der Waals surface area contributed by atoms with E-state index in [2.05, 4.69) is 22.6 Å². The fourth-order valence-corrected chi connectivity index (χ4v) is 2.67. The van der Waals surface area contributed by atoms with Crippen LogP contribution >= 0.6 is 0 Å². The Balaban J connectivity index is 2.04.